The number of hydrogen-bond donors (Lipinski definition) is 2. The zero-order valence-corrected chi connectivity index (χ0v) is 14.6. The van der Waals surface area contributed by atoms with E-state index in [1.165, 1.54) is 0 Å². The third kappa shape index (κ3) is 4.82. The van der Waals surface area contributed by atoms with Gasteiger partial charge in [-0.1, -0.05) is 29.3 Å². The van der Waals surface area contributed by atoms with Gasteiger partial charge < -0.3 is 10.1 Å². The van der Waals surface area contributed by atoms with E-state index >= 15 is 0 Å². The fraction of sp³-hybridized carbons (Fsp3) is 0.125. The van der Waals surface area contributed by atoms with Gasteiger partial charge in [-0.3, -0.25) is 10.1 Å². The largest absolute Gasteiger partial charge is 0.494 e. The van der Waals surface area contributed by atoms with Gasteiger partial charge in [-0.2, -0.15) is 0 Å². The van der Waals surface area contributed by atoms with Crippen LogP contribution in [0.1, 0.15) is 17.3 Å². The smallest absolute Gasteiger partial charge is 0.257 e. The first-order chi connectivity index (χ1) is 11.0. The summed E-state index contributed by atoms with van der Waals surface area (Å²) < 4.78 is 5.33. The average Bonchev–Trinajstić information content (AvgIpc) is 2.52. The minimum absolute atomic E-state index is 0.110. The Bertz CT molecular complexity index is 700. The maximum absolute atomic E-state index is 12.1. The fourth-order valence-electron chi connectivity index (χ4n) is 1.81. The number of hydrogen-bond acceptors (Lipinski definition) is 3. The van der Waals surface area contributed by atoms with Crippen LogP contribution in [0.4, 0.5) is 5.69 Å². The predicted octanol–water partition coefficient (Wildman–Crippen LogP) is 4.52. The van der Waals surface area contributed by atoms with Crippen LogP contribution in [-0.2, 0) is 0 Å². The van der Waals surface area contributed by atoms with Crippen LogP contribution >= 0.6 is 35.4 Å². The number of benzene rings is 2. The minimum atomic E-state index is -0.339. The van der Waals surface area contributed by atoms with Crippen LogP contribution in [0.2, 0.25) is 10.0 Å². The highest BCUT2D eigenvalue weighted by Crippen LogP contribution is 2.29. The molecule has 2 rings (SSSR count). The molecule has 0 aliphatic heterocycles. The van der Waals surface area contributed by atoms with Crippen molar-refractivity contribution in [2.45, 2.75) is 6.92 Å². The molecule has 0 radical (unpaired) electrons. The van der Waals surface area contributed by atoms with Crippen LogP contribution in [0, 0.1) is 0 Å². The van der Waals surface area contributed by atoms with E-state index < -0.39 is 0 Å². The monoisotopic (exact) mass is 368 g/mol. The molecule has 7 heteroatoms. The molecule has 0 atom stereocenters. The summed E-state index contributed by atoms with van der Waals surface area (Å²) in [6, 6.07) is 11.8. The minimum Gasteiger partial charge on any atom is -0.494 e. The number of thiocarbonyl (C=S) groups is 1. The quantitative estimate of drug-likeness (QED) is 0.779. The lowest BCUT2D eigenvalue weighted by Crippen LogP contribution is -2.34. The zero-order chi connectivity index (χ0) is 16.8. The average molecular weight is 369 g/mol. The Morgan fingerprint density at radius 1 is 1.13 bits per heavy atom. The van der Waals surface area contributed by atoms with Gasteiger partial charge in [0.25, 0.3) is 5.91 Å². The Morgan fingerprint density at radius 3 is 2.30 bits per heavy atom. The number of halogens is 2. The van der Waals surface area contributed by atoms with Gasteiger partial charge in [-0.15, -0.1) is 0 Å². The fourth-order valence-corrected chi connectivity index (χ4v) is 2.49. The van der Waals surface area contributed by atoms with Crippen molar-refractivity contribution < 1.29 is 9.53 Å². The molecule has 23 heavy (non-hydrogen) atoms. The Balaban J connectivity index is 2.01. The summed E-state index contributed by atoms with van der Waals surface area (Å²) in [6.07, 6.45) is 0. The van der Waals surface area contributed by atoms with Crippen molar-refractivity contribution in [2.75, 3.05) is 11.9 Å². The maximum atomic E-state index is 12.1. The van der Waals surface area contributed by atoms with Gasteiger partial charge in [0.1, 0.15) is 5.75 Å². The van der Waals surface area contributed by atoms with Crippen molar-refractivity contribution in [3.05, 3.63) is 58.1 Å². The summed E-state index contributed by atoms with van der Waals surface area (Å²) in [5, 5.41) is 6.33. The summed E-state index contributed by atoms with van der Waals surface area (Å²) in [5.74, 6) is 0.362. The molecule has 2 aromatic rings. The second-order valence-electron chi connectivity index (χ2n) is 4.46. The lowest BCUT2D eigenvalue weighted by atomic mass is 10.2. The topological polar surface area (TPSA) is 50.4 Å². The standard InChI is InChI=1S/C16H14Cl2N2O2S/c1-2-22-11-8-6-10(7-9-11)15(21)20-16(23)19-14-12(17)4-3-5-13(14)18/h3-9H,2H2,1H3,(H2,19,20,21,23). The Morgan fingerprint density at radius 2 is 1.74 bits per heavy atom. The molecule has 0 heterocycles. The molecule has 0 saturated carbocycles. The van der Waals surface area contributed by atoms with Crippen molar-refractivity contribution >= 4 is 52.1 Å². The van der Waals surface area contributed by atoms with Gasteiger partial charge in [-0.05, 0) is 55.5 Å². The number of ether oxygens (including phenoxy) is 1. The van der Waals surface area contributed by atoms with Crippen LogP contribution in [0.3, 0.4) is 0 Å². The number of anilines is 1. The third-order valence-corrected chi connectivity index (χ3v) is 3.69. The molecule has 120 valence electrons. The van der Waals surface area contributed by atoms with Crippen molar-refractivity contribution in [1.82, 2.24) is 5.32 Å². The van der Waals surface area contributed by atoms with Gasteiger partial charge in [0, 0.05) is 5.56 Å². The van der Waals surface area contributed by atoms with E-state index in [4.69, 9.17) is 40.2 Å². The summed E-state index contributed by atoms with van der Waals surface area (Å²) in [4.78, 5) is 12.1. The molecule has 2 N–H and O–H groups in total. The van der Waals surface area contributed by atoms with Crippen LogP contribution < -0.4 is 15.4 Å². The lowest BCUT2D eigenvalue weighted by Gasteiger charge is -2.12. The van der Waals surface area contributed by atoms with Gasteiger partial charge in [0.2, 0.25) is 0 Å². The summed E-state index contributed by atoms with van der Waals surface area (Å²) in [6.45, 7) is 2.46. The van der Waals surface area contributed by atoms with Crippen molar-refractivity contribution in [1.29, 1.82) is 0 Å². The summed E-state index contributed by atoms with van der Waals surface area (Å²) in [5.41, 5.74) is 0.913. The Kier molecular flexibility index (Phi) is 6.21. The van der Waals surface area contributed by atoms with E-state index in [1.54, 1.807) is 42.5 Å². The maximum Gasteiger partial charge on any atom is 0.257 e. The highest BCUT2D eigenvalue weighted by molar-refractivity contribution is 7.80. The highest BCUT2D eigenvalue weighted by atomic mass is 35.5. The summed E-state index contributed by atoms with van der Waals surface area (Å²) >= 11 is 17.2. The Labute approximate surface area is 149 Å². The van der Waals surface area contributed by atoms with E-state index in [0.29, 0.717) is 33.7 Å². The summed E-state index contributed by atoms with van der Waals surface area (Å²) in [7, 11) is 0. The first kappa shape index (κ1) is 17.5. The number of carbonyl (C=O) groups is 1. The van der Waals surface area contributed by atoms with E-state index in [0.717, 1.165) is 0 Å². The molecule has 0 aromatic heterocycles. The molecule has 0 bridgehead atoms. The molecule has 0 aliphatic rings. The number of para-hydroxylation sites is 1. The lowest BCUT2D eigenvalue weighted by molar-refractivity contribution is 0.0977. The van der Waals surface area contributed by atoms with E-state index in [2.05, 4.69) is 10.6 Å². The van der Waals surface area contributed by atoms with E-state index in [9.17, 15) is 4.79 Å². The first-order valence-electron chi connectivity index (χ1n) is 6.80. The predicted molar refractivity (Wildman–Crippen MR) is 97.8 cm³/mol. The van der Waals surface area contributed by atoms with Gasteiger partial charge in [-0.25, -0.2) is 0 Å². The SMILES string of the molecule is CCOc1ccc(C(=O)NC(=S)Nc2c(Cl)cccc2Cl)cc1. The molecule has 2 aromatic carbocycles. The van der Waals surface area contributed by atoms with E-state index in [1.807, 2.05) is 6.92 Å². The second-order valence-corrected chi connectivity index (χ2v) is 5.68. The first-order valence-corrected chi connectivity index (χ1v) is 7.97. The van der Waals surface area contributed by atoms with Gasteiger partial charge in [0.15, 0.2) is 5.11 Å². The number of amides is 1. The van der Waals surface area contributed by atoms with E-state index in [-0.39, 0.29) is 11.0 Å². The van der Waals surface area contributed by atoms with Crippen LogP contribution in [0.25, 0.3) is 0 Å². The van der Waals surface area contributed by atoms with Crippen molar-refractivity contribution in [3.63, 3.8) is 0 Å². The number of rotatable bonds is 4. The molecule has 0 fully saturated rings. The van der Waals surface area contributed by atoms with Gasteiger partial charge in [0.05, 0.1) is 22.3 Å². The third-order valence-electron chi connectivity index (χ3n) is 2.86. The Hall–Kier alpha value is -1.82. The number of carbonyl (C=O) groups excluding carboxylic acids is 1. The van der Waals surface area contributed by atoms with Crippen LogP contribution in [-0.4, -0.2) is 17.6 Å². The van der Waals surface area contributed by atoms with Crippen molar-refractivity contribution in [3.8, 4) is 5.75 Å². The molecule has 1 amide bonds. The zero-order valence-electron chi connectivity index (χ0n) is 12.2. The van der Waals surface area contributed by atoms with Crippen LogP contribution in [0.15, 0.2) is 42.5 Å². The highest BCUT2D eigenvalue weighted by Gasteiger charge is 2.11. The van der Waals surface area contributed by atoms with Gasteiger partial charge >= 0.3 is 0 Å². The molecule has 0 spiro atoms. The van der Waals surface area contributed by atoms with Crippen molar-refractivity contribution in [2.24, 2.45) is 0 Å². The van der Waals surface area contributed by atoms with Crippen LogP contribution in [0.5, 0.6) is 5.75 Å². The second kappa shape index (κ2) is 8.15. The molecule has 0 unspecified atom stereocenters. The molecular weight excluding hydrogens is 355 g/mol. The molecule has 0 saturated heterocycles. The molecule has 4 nitrogen and oxygen atoms in total. The number of nitrogens with one attached hydrogen (secondary N) is 2. The molecular formula is C16H14Cl2N2O2S. The molecule has 0 aliphatic carbocycles. The normalized spacial score (nSPS) is 10.0.